The molecule has 4 aromatic heterocycles. The van der Waals surface area contributed by atoms with Crippen LogP contribution in [0.15, 0.2) is 71.4 Å². The molecular weight excluding hydrogens is 1050 g/mol. The van der Waals surface area contributed by atoms with Gasteiger partial charge in [-0.2, -0.15) is 0 Å². The first kappa shape index (κ1) is 55.1. The molecule has 1 aromatic carbocycles. The Hall–Kier alpha value is -6.70. The molecule has 0 spiro atoms. The third-order valence-corrected chi connectivity index (χ3v) is 15.1. The second kappa shape index (κ2) is 24.6. The highest BCUT2D eigenvalue weighted by atomic mass is 32.1. The average molecular weight is 1100 g/mol. The van der Waals surface area contributed by atoms with Crippen LogP contribution in [0.25, 0.3) is 40.4 Å². The smallest absolute Gasteiger partial charge is 0.303 e. The van der Waals surface area contributed by atoms with Gasteiger partial charge in [-0.15, -0.1) is 45.3 Å². The summed E-state index contributed by atoms with van der Waals surface area (Å²) in [5.41, 5.74) is 0.648. The Morgan fingerprint density at radius 1 is 0.405 bits per heavy atom. The Kier molecular flexibility index (Phi) is 18.3. The highest BCUT2D eigenvalue weighted by molar-refractivity contribution is 7.24. The van der Waals surface area contributed by atoms with Crippen LogP contribution in [0.2, 0.25) is 0 Å². The van der Waals surface area contributed by atoms with E-state index in [1.165, 1.54) is 45.3 Å². The minimum atomic E-state index is -1.67. The number of benzene rings is 1. The maximum atomic E-state index is 12.9. The summed E-state index contributed by atoms with van der Waals surface area (Å²) < 4.78 is 71.3. The second-order valence-corrected chi connectivity index (χ2v) is 20.6. The molecule has 4 unspecified atom stereocenters. The van der Waals surface area contributed by atoms with Gasteiger partial charge in [-0.25, -0.2) is 0 Å². The number of thiophene rings is 4. The predicted octanol–water partition coefficient (Wildman–Crippen LogP) is 7.52. The van der Waals surface area contributed by atoms with E-state index in [4.69, 9.17) is 56.8 Å². The van der Waals surface area contributed by atoms with E-state index in [9.17, 15) is 38.4 Å². The van der Waals surface area contributed by atoms with Gasteiger partial charge in [0.1, 0.15) is 36.9 Å². The van der Waals surface area contributed by atoms with Crippen molar-refractivity contribution in [3.05, 3.63) is 71.4 Å². The molecule has 0 bridgehead atoms. The molecule has 394 valence electrons. The Balaban J connectivity index is 1.45. The normalized spacial score (nSPS) is 23.3. The molecule has 0 aliphatic carbocycles. The van der Waals surface area contributed by atoms with Crippen molar-refractivity contribution in [1.29, 1.82) is 0 Å². The van der Waals surface area contributed by atoms with Gasteiger partial charge in [0.2, 0.25) is 24.8 Å². The average Bonchev–Trinajstić information content (AvgIpc) is 4.17. The van der Waals surface area contributed by atoms with Crippen LogP contribution < -0.4 is 9.47 Å². The highest BCUT2D eigenvalue weighted by Crippen LogP contribution is 2.49. The maximum absolute atomic E-state index is 12.9. The topological polar surface area (TPSA) is 247 Å². The molecule has 2 fully saturated rings. The van der Waals surface area contributed by atoms with E-state index in [0.29, 0.717) is 20.9 Å². The molecule has 5 aromatic rings. The first-order valence-corrected chi connectivity index (χ1v) is 26.0. The van der Waals surface area contributed by atoms with E-state index in [1.54, 1.807) is 12.1 Å². The van der Waals surface area contributed by atoms with Gasteiger partial charge in [-0.3, -0.25) is 38.4 Å². The minimum Gasteiger partial charge on any atom is -0.463 e. The fourth-order valence-electron chi connectivity index (χ4n) is 8.03. The van der Waals surface area contributed by atoms with Crippen LogP contribution in [0.5, 0.6) is 11.5 Å². The van der Waals surface area contributed by atoms with Crippen LogP contribution in [0, 0.1) is 0 Å². The summed E-state index contributed by atoms with van der Waals surface area (Å²) in [6, 6.07) is 18.3. The van der Waals surface area contributed by atoms with Gasteiger partial charge in [-0.1, -0.05) is 12.1 Å². The molecule has 0 saturated carbocycles. The van der Waals surface area contributed by atoms with E-state index in [1.807, 2.05) is 59.3 Å². The monoisotopic (exact) mass is 1100 g/mol. The van der Waals surface area contributed by atoms with Gasteiger partial charge >= 0.3 is 47.8 Å². The van der Waals surface area contributed by atoms with Gasteiger partial charge in [0.25, 0.3) is 0 Å². The Bertz CT molecular complexity index is 2640. The predicted molar refractivity (Wildman–Crippen MR) is 265 cm³/mol. The largest absolute Gasteiger partial charge is 0.463 e. The molecule has 20 nitrogen and oxygen atoms in total. The van der Waals surface area contributed by atoms with Crippen molar-refractivity contribution < 1.29 is 95.2 Å². The van der Waals surface area contributed by atoms with Crippen molar-refractivity contribution in [3.8, 4) is 51.9 Å². The molecule has 0 N–H and O–H groups in total. The summed E-state index contributed by atoms with van der Waals surface area (Å²) in [6.45, 7) is 7.90. The van der Waals surface area contributed by atoms with Crippen molar-refractivity contribution in [2.24, 2.45) is 0 Å². The summed E-state index contributed by atoms with van der Waals surface area (Å²) >= 11 is 5.73. The van der Waals surface area contributed by atoms with Crippen molar-refractivity contribution >= 4 is 93.1 Å². The quantitative estimate of drug-likeness (QED) is 0.0608. The second-order valence-electron chi connectivity index (χ2n) is 16.5. The number of rotatable bonds is 18. The van der Waals surface area contributed by atoms with Gasteiger partial charge in [0.15, 0.2) is 24.4 Å². The van der Waals surface area contributed by atoms with Crippen LogP contribution in [0.1, 0.15) is 55.4 Å². The molecule has 6 heterocycles. The van der Waals surface area contributed by atoms with E-state index >= 15 is 0 Å². The Morgan fingerprint density at radius 2 is 0.730 bits per heavy atom. The van der Waals surface area contributed by atoms with E-state index in [-0.39, 0.29) is 11.5 Å². The van der Waals surface area contributed by atoms with E-state index in [2.05, 4.69) is 0 Å². The summed E-state index contributed by atoms with van der Waals surface area (Å²) in [7, 11) is 0. The van der Waals surface area contributed by atoms with Crippen LogP contribution in [-0.4, -0.2) is 122 Å². The third kappa shape index (κ3) is 13.9. The van der Waals surface area contributed by atoms with Crippen LogP contribution in [-0.2, 0) is 85.7 Å². The molecular formula is C50H50O20S4. The number of carbonyl (C=O) groups is 8. The maximum Gasteiger partial charge on any atom is 0.303 e. The first-order valence-electron chi connectivity index (χ1n) is 22.6. The number of esters is 8. The fraction of sp³-hybridized carbons (Fsp3) is 0.400. The number of hydrogen-bond donors (Lipinski definition) is 0. The van der Waals surface area contributed by atoms with Gasteiger partial charge in [0.05, 0.1) is 0 Å². The van der Waals surface area contributed by atoms with E-state index in [0.717, 1.165) is 74.9 Å². The third-order valence-electron chi connectivity index (χ3n) is 10.7. The molecule has 10 atom stereocenters. The zero-order valence-corrected chi connectivity index (χ0v) is 44.2. The lowest BCUT2D eigenvalue weighted by Gasteiger charge is -2.44. The Labute approximate surface area is 439 Å². The van der Waals surface area contributed by atoms with Crippen molar-refractivity contribution in [1.82, 2.24) is 0 Å². The molecule has 7 rings (SSSR count). The molecule has 2 saturated heterocycles. The van der Waals surface area contributed by atoms with Crippen molar-refractivity contribution in [3.63, 3.8) is 0 Å². The number of ether oxygens (including phenoxy) is 12. The molecule has 0 radical (unpaired) electrons. The van der Waals surface area contributed by atoms with Crippen molar-refractivity contribution in [2.75, 3.05) is 13.2 Å². The standard InChI is InChI=1S/C50H50O20S4/c1-23(51)59-21-35-43(61-25(3)53)45(63-27(5)55)47(65-29(7)57)49(69-35)67-33-19-32(38-14-16-42(74-38)40-12-10-18-72-40)34(20-31(33)37-13-15-41(73-37)39-11-9-17-71-39)68-50-48(66-30(8)58)46(64-28(6)56)44(62-26(4)54)36(70-50)22-60-24(2)52/h9-20,35-36,43-50H,21-22H2,1-8H3/t35?,36?,43-,44-,45-,46-,47?,48?,49+,50+/m0/s1. The van der Waals surface area contributed by atoms with Crippen LogP contribution in [0.3, 0.4) is 0 Å². The lowest BCUT2D eigenvalue weighted by atomic mass is 9.97. The summed E-state index contributed by atoms with van der Waals surface area (Å²) in [5.74, 6) is -6.31. The molecule has 24 heteroatoms. The van der Waals surface area contributed by atoms with Crippen LogP contribution >= 0.6 is 45.3 Å². The fourth-order valence-corrected chi connectivity index (χ4v) is 11.7. The first-order chi connectivity index (χ1) is 35.2. The zero-order chi connectivity index (χ0) is 53.4. The summed E-state index contributed by atoms with van der Waals surface area (Å²) in [6.07, 6.45) is -15.3. The Morgan fingerprint density at radius 3 is 1.04 bits per heavy atom. The molecule has 74 heavy (non-hydrogen) atoms. The summed E-state index contributed by atoms with van der Waals surface area (Å²) in [5, 5.41) is 3.85. The molecule has 0 amide bonds. The lowest BCUT2D eigenvalue weighted by molar-refractivity contribution is -0.288. The lowest BCUT2D eigenvalue weighted by Crippen LogP contribution is -2.63. The molecule has 2 aliphatic heterocycles. The van der Waals surface area contributed by atoms with Gasteiger partial charge in [-0.05, 0) is 59.3 Å². The highest BCUT2D eigenvalue weighted by Gasteiger charge is 2.55. The zero-order valence-electron chi connectivity index (χ0n) is 40.9. The van der Waals surface area contributed by atoms with Crippen molar-refractivity contribution in [2.45, 2.75) is 117 Å². The number of carbonyl (C=O) groups excluding carboxylic acids is 8. The van der Waals surface area contributed by atoms with Gasteiger partial charge in [0, 0.05) is 95.8 Å². The minimum absolute atomic E-state index is 0.0699. The SMILES string of the molecule is CC(=O)OCC1O[C@@H](Oc2cc(-c3ccc(-c4cccs4)s3)c(O[C@@H]3OC(COC(C)=O)[C@H](OC(C)=O)[C@H](OC(C)=O)C3OC(C)=O)cc2-c2ccc(-c3cccs3)s2)C(OC(C)=O)[C@@H](OC(C)=O)[C@H]1OC(C)=O. The number of hydrogen-bond acceptors (Lipinski definition) is 24. The van der Waals surface area contributed by atoms with Gasteiger partial charge < -0.3 is 56.8 Å². The molecule has 2 aliphatic rings. The van der Waals surface area contributed by atoms with E-state index < -0.39 is 122 Å². The summed E-state index contributed by atoms with van der Waals surface area (Å²) in [4.78, 5) is 106. The van der Waals surface area contributed by atoms with Crippen LogP contribution in [0.4, 0.5) is 0 Å².